The van der Waals surface area contributed by atoms with Crippen molar-refractivity contribution in [2.75, 3.05) is 57.3 Å². The lowest BCUT2D eigenvalue weighted by atomic mass is 10.1. The van der Waals surface area contributed by atoms with E-state index in [2.05, 4.69) is 52.5 Å². The number of likely N-dealkylation sites (tertiary alicyclic amines) is 1. The van der Waals surface area contributed by atoms with Crippen LogP contribution < -0.4 is 19.6 Å². The van der Waals surface area contributed by atoms with Gasteiger partial charge in [0.1, 0.15) is 30.1 Å². The molecule has 1 saturated heterocycles. The summed E-state index contributed by atoms with van der Waals surface area (Å²) in [6.07, 6.45) is 5.19. The van der Waals surface area contributed by atoms with E-state index in [-0.39, 0.29) is 0 Å². The second kappa shape index (κ2) is 9.49. The Labute approximate surface area is 190 Å². The molecule has 0 spiro atoms. The Morgan fingerprint density at radius 2 is 1.88 bits per heavy atom. The van der Waals surface area contributed by atoms with Crippen molar-refractivity contribution in [3.8, 4) is 17.2 Å². The van der Waals surface area contributed by atoms with Gasteiger partial charge in [-0.25, -0.2) is 9.56 Å². The molecule has 1 aromatic rings. The molecule has 6 heteroatoms. The molecule has 0 atom stereocenters. The predicted molar refractivity (Wildman–Crippen MR) is 130 cm³/mol. The summed E-state index contributed by atoms with van der Waals surface area (Å²) in [4.78, 5) is 9.82. The van der Waals surface area contributed by atoms with Crippen molar-refractivity contribution in [3.05, 3.63) is 35.7 Å². The molecule has 3 aliphatic heterocycles. The fraction of sp³-hybridized carbons (Fsp3) is 0.538. The fourth-order valence-corrected chi connectivity index (χ4v) is 4.99. The second-order valence-corrected chi connectivity index (χ2v) is 8.97. The smallest absolute Gasteiger partial charge is 0.203 e. The van der Waals surface area contributed by atoms with Crippen molar-refractivity contribution in [3.63, 3.8) is 0 Å². The van der Waals surface area contributed by atoms with Gasteiger partial charge in [0, 0.05) is 31.2 Å². The first-order valence-corrected chi connectivity index (χ1v) is 12.3. The number of nitrogens with zero attached hydrogens (tertiary/aromatic N) is 4. The quantitative estimate of drug-likeness (QED) is 0.435. The van der Waals surface area contributed by atoms with Gasteiger partial charge in [0.25, 0.3) is 0 Å². The van der Waals surface area contributed by atoms with Gasteiger partial charge in [-0.05, 0) is 38.9 Å². The maximum atomic E-state index is 6.39. The maximum Gasteiger partial charge on any atom is 0.203 e. The number of fused-ring (bicyclic) bond motifs is 3. The highest BCUT2D eigenvalue weighted by atomic mass is 16.5. The first-order chi connectivity index (χ1) is 15.7. The van der Waals surface area contributed by atoms with Crippen molar-refractivity contribution >= 4 is 16.8 Å². The largest absolute Gasteiger partial charge is 0.489 e. The SMILES string of the molecule is CCC/[N+](CCN1CCCCC1)=c1\ccc2nc3cc4c(cc3oc-2c1)N(CC)CCO4. The zero-order valence-electron chi connectivity index (χ0n) is 19.5. The molecule has 0 radical (unpaired) electrons. The summed E-state index contributed by atoms with van der Waals surface area (Å²) in [7, 11) is 0. The van der Waals surface area contributed by atoms with Crippen LogP contribution >= 0.6 is 0 Å². The molecular weight excluding hydrogens is 400 g/mol. The summed E-state index contributed by atoms with van der Waals surface area (Å²) in [5.41, 5.74) is 3.64. The van der Waals surface area contributed by atoms with Crippen LogP contribution in [0.3, 0.4) is 0 Å². The Hall–Kier alpha value is -2.60. The first-order valence-electron chi connectivity index (χ1n) is 12.3. The van der Waals surface area contributed by atoms with Crippen molar-refractivity contribution < 1.29 is 9.15 Å². The Morgan fingerprint density at radius 3 is 2.69 bits per heavy atom. The molecule has 0 aromatic heterocycles. The van der Waals surface area contributed by atoms with Crippen molar-refractivity contribution in [2.24, 2.45) is 0 Å². The van der Waals surface area contributed by atoms with Gasteiger partial charge < -0.3 is 14.1 Å². The highest BCUT2D eigenvalue weighted by molar-refractivity contribution is 5.84. The van der Waals surface area contributed by atoms with Gasteiger partial charge in [0.15, 0.2) is 17.9 Å². The standard InChI is InChI=1S/C26H35N4O2/c1-3-10-30(14-13-28-11-6-5-7-12-28)20-8-9-21-24(17-20)32-25-19-23-26(18-22(25)27-21)31-16-15-29(23)4-2/h8-9,17-19H,3-7,10-16H2,1-2H3/q+1. The lowest BCUT2D eigenvalue weighted by Crippen LogP contribution is -2.40. The Bertz CT molecular complexity index is 1120. The number of hydrogen-bond donors (Lipinski definition) is 0. The highest BCUT2D eigenvalue weighted by Gasteiger charge is 2.21. The van der Waals surface area contributed by atoms with Gasteiger partial charge in [-0.1, -0.05) is 13.3 Å². The van der Waals surface area contributed by atoms with Crippen LogP contribution in [0.25, 0.3) is 22.6 Å². The lowest BCUT2D eigenvalue weighted by Gasteiger charge is -2.30. The van der Waals surface area contributed by atoms with E-state index in [1.54, 1.807) is 0 Å². The summed E-state index contributed by atoms with van der Waals surface area (Å²) in [6, 6.07) is 10.6. The molecule has 0 amide bonds. The topological polar surface area (TPSA) is 44.8 Å². The van der Waals surface area contributed by atoms with Crippen LogP contribution in [0.1, 0.15) is 39.5 Å². The van der Waals surface area contributed by atoms with Gasteiger partial charge in [0.05, 0.1) is 24.8 Å². The van der Waals surface area contributed by atoms with Crippen LogP contribution in [0.15, 0.2) is 34.7 Å². The molecule has 32 heavy (non-hydrogen) atoms. The molecule has 1 aromatic carbocycles. The van der Waals surface area contributed by atoms with E-state index in [0.29, 0.717) is 6.61 Å². The normalized spacial score (nSPS) is 18.0. The number of benzene rings is 2. The Kier molecular flexibility index (Phi) is 6.30. The Morgan fingerprint density at radius 1 is 1.00 bits per heavy atom. The van der Waals surface area contributed by atoms with E-state index in [1.807, 2.05) is 6.07 Å². The molecule has 5 rings (SSSR count). The zero-order chi connectivity index (χ0) is 21.9. The summed E-state index contributed by atoms with van der Waals surface area (Å²) < 4.78 is 14.8. The van der Waals surface area contributed by atoms with Crippen LogP contribution in [-0.2, 0) is 0 Å². The van der Waals surface area contributed by atoms with Crippen LogP contribution in [0, 0.1) is 0 Å². The molecule has 3 heterocycles. The molecule has 0 N–H and O–H groups in total. The summed E-state index contributed by atoms with van der Waals surface area (Å²) in [5.74, 6) is 1.74. The third kappa shape index (κ3) is 4.33. The van der Waals surface area contributed by atoms with Gasteiger partial charge in [-0.15, -0.1) is 0 Å². The van der Waals surface area contributed by atoms with Gasteiger partial charge in [-0.2, -0.15) is 0 Å². The molecule has 1 aliphatic carbocycles. The van der Waals surface area contributed by atoms with E-state index in [4.69, 9.17) is 14.1 Å². The maximum absolute atomic E-state index is 6.39. The van der Waals surface area contributed by atoms with Gasteiger partial charge in [0.2, 0.25) is 5.36 Å². The number of piperidine rings is 1. The van der Waals surface area contributed by atoms with E-state index in [1.165, 1.54) is 37.7 Å². The van der Waals surface area contributed by atoms with E-state index < -0.39 is 0 Å². The van der Waals surface area contributed by atoms with Crippen molar-refractivity contribution in [1.82, 2.24) is 14.5 Å². The molecule has 6 nitrogen and oxygen atoms in total. The molecule has 0 saturated carbocycles. The Balaban J connectivity index is 1.52. The van der Waals surface area contributed by atoms with Crippen molar-refractivity contribution in [1.29, 1.82) is 0 Å². The van der Waals surface area contributed by atoms with Gasteiger partial charge in [-0.3, -0.25) is 4.90 Å². The average Bonchev–Trinajstić information content (AvgIpc) is 2.84. The number of anilines is 1. The first kappa shape index (κ1) is 21.3. The number of rotatable bonds is 6. The summed E-state index contributed by atoms with van der Waals surface area (Å²) >= 11 is 0. The molecular formula is C26H35N4O2+. The van der Waals surface area contributed by atoms with Gasteiger partial charge >= 0.3 is 0 Å². The van der Waals surface area contributed by atoms with Crippen LogP contribution in [-0.4, -0.2) is 62.3 Å². The van der Waals surface area contributed by atoms with E-state index in [0.717, 1.165) is 73.1 Å². The number of aromatic nitrogens is 1. The minimum Gasteiger partial charge on any atom is -0.489 e. The summed E-state index contributed by atoms with van der Waals surface area (Å²) in [5, 5.41) is 1.22. The fourth-order valence-electron chi connectivity index (χ4n) is 4.99. The minimum absolute atomic E-state index is 0.713. The van der Waals surface area contributed by atoms with Crippen LogP contribution in [0.4, 0.5) is 5.69 Å². The molecule has 0 unspecified atom stereocenters. The minimum atomic E-state index is 0.713. The molecule has 0 bridgehead atoms. The number of ether oxygens (including phenoxy) is 1. The molecule has 1 fully saturated rings. The monoisotopic (exact) mass is 435 g/mol. The highest BCUT2D eigenvalue weighted by Crippen LogP contribution is 2.36. The number of likely N-dealkylation sites (N-methyl/N-ethyl adjacent to an activating group) is 1. The zero-order valence-corrected chi connectivity index (χ0v) is 19.5. The van der Waals surface area contributed by atoms with Crippen LogP contribution in [0.5, 0.6) is 5.75 Å². The predicted octanol–water partition coefficient (Wildman–Crippen LogP) is 3.82. The van der Waals surface area contributed by atoms with Crippen LogP contribution in [0.2, 0.25) is 0 Å². The second-order valence-electron chi connectivity index (χ2n) is 8.97. The third-order valence-electron chi connectivity index (χ3n) is 6.78. The molecule has 4 aliphatic rings. The van der Waals surface area contributed by atoms with Crippen molar-refractivity contribution in [2.45, 2.75) is 39.5 Å². The summed E-state index contributed by atoms with van der Waals surface area (Å²) in [6.45, 7) is 12.7. The average molecular weight is 436 g/mol. The lowest BCUT2D eigenvalue weighted by molar-refractivity contribution is 0.224. The van der Waals surface area contributed by atoms with E-state index >= 15 is 0 Å². The third-order valence-corrected chi connectivity index (χ3v) is 6.78. The van der Waals surface area contributed by atoms with E-state index in [9.17, 15) is 0 Å². The number of hydrogen-bond acceptors (Lipinski definition) is 5. The molecule has 170 valence electrons.